The average molecular weight is 316 g/mol. The molecule has 0 aliphatic carbocycles. The minimum absolute atomic E-state index is 0.349. The fourth-order valence-electron chi connectivity index (χ4n) is 1.61. The van der Waals surface area contributed by atoms with Crippen LogP contribution < -0.4 is 5.32 Å². The number of nitrogens with one attached hydrogen (secondary N) is 1. The Balaban J connectivity index is 2.27. The zero-order chi connectivity index (χ0) is 12.6. The molecule has 0 saturated carbocycles. The van der Waals surface area contributed by atoms with Crippen molar-refractivity contribution in [2.75, 3.05) is 11.1 Å². The minimum atomic E-state index is -1.04. The maximum atomic E-state index is 11.3. The highest BCUT2D eigenvalue weighted by Crippen LogP contribution is 2.39. The second-order valence-electron chi connectivity index (χ2n) is 4.47. The zero-order valence-electron chi connectivity index (χ0n) is 9.66. The highest BCUT2D eigenvalue weighted by Gasteiger charge is 2.29. The van der Waals surface area contributed by atoms with Gasteiger partial charge in [0.2, 0.25) is 0 Å². The summed E-state index contributed by atoms with van der Waals surface area (Å²) < 4.78 is 0.928. The standard InChI is InChI=1S/C12H14BrNO2S/c1-6(2)5-17-10-4-9-7(3-8(10)13)11(15)12(16)14-9/h3-4,6,11,15H,5H2,1-2H3,(H,14,16). The topological polar surface area (TPSA) is 49.3 Å². The van der Waals surface area contributed by atoms with Gasteiger partial charge >= 0.3 is 0 Å². The molecule has 92 valence electrons. The van der Waals surface area contributed by atoms with Gasteiger partial charge in [-0.3, -0.25) is 4.79 Å². The van der Waals surface area contributed by atoms with Crippen molar-refractivity contribution in [3.63, 3.8) is 0 Å². The van der Waals surface area contributed by atoms with Crippen molar-refractivity contribution < 1.29 is 9.90 Å². The van der Waals surface area contributed by atoms with Crippen LogP contribution in [0, 0.1) is 5.92 Å². The lowest BCUT2D eigenvalue weighted by Gasteiger charge is -2.09. The molecule has 1 aliphatic heterocycles. The van der Waals surface area contributed by atoms with E-state index in [2.05, 4.69) is 35.1 Å². The van der Waals surface area contributed by atoms with E-state index in [-0.39, 0.29) is 5.91 Å². The van der Waals surface area contributed by atoms with Gasteiger partial charge in [0.1, 0.15) is 0 Å². The van der Waals surface area contributed by atoms with E-state index >= 15 is 0 Å². The quantitative estimate of drug-likeness (QED) is 0.842. The first-order valence-corrected chi connectivity index (χ1v) is 7.22. The summed E-state index contributed by atoms with van der Waals surface area (Å²) in [5.41, 5.74) is 1.37. The molecule has 1 amide bonds. The van der Waals surface area contributed by atoms with Gasteiger partial charge in [-0.2, -0.15) is 0 Å². The molecule has 0 bridgehead atoms. The van der Waals surface area contributed by atoms with E-state index in [4.69, 9.17) is 0 Å². The molecular formula is C12H14BrNO2S. The molecular weight excluding hydrogens is 302 g/mol. The van der Waals surface area contributed by atoms with E-state index in [1.165, 1.54) is 0 Å². The van der Waals surface area contributed by atoms with Gasteiger partial charge < -0.3 is 10.4 Å². The lowest BCUT2D eigenvalue weighted by atomic mass is 10.1. The first-order valence-electron chi connectivity index (χ1n) is 5.44. The van der Waals surface area contributed by atoms with Gasteiger partial charge in [0, 0.05) is 26.4 Å². The number of carbonyl (C=O) groups is 1. The fourth-order valence-corrected chi connectivity index (χ4v) is 3.23. The third-order valence-corrected chi connectivity index (χ3v) is 4.88. The molecule has 0 saturated heterocycles. The second-order valence-corrected chi connectivity index (χ2v) is 6.38. The van der Waals surface area contributed by atoms with Crippen LogP contribution in [0.2, 0.25) is 0 Å². The minimum Gasteiger partial charge on any atom is -0.378 e. The number of benzene rings is 1. The van der Waals surface area contributed by atoms with E-state index < -0.39 is 6.10 Å². The third kappa shape index (κ3) is 2.67. The monoisotopic (exact) mass is 315 g/mol. The molecule has 17 heavy (non-hydrogen) atoms. The Morgan fingerprint density at radius 3 is 2.88 bits per heavy atom. The molecule has 1 atom stereocenters. The Kier molecular flexibility index (Phi) is 3.80. The van der Waals surface area contributed by atoms with E-state index in [1.807, 2.05) is 12.1 Å². The largest absolute Gasteiger partial charge is 0.378 e. The van der Waals surface area contributed by atoms with Crippen LogP contribution in [0.5, 0.6) is 0 Å². The Hall–Kier alpha value is -0.520. The molecule has 0 fully saturated rings. The molecule has 2 N–H and O–H groups in total. The van der Waals surface area contributed by atoms with Crippen molar-refractivity contribution in [3.05, 3.63) is 22.2 Å². The van der Waals surface area contributed by atoms with Crippen LogP contribution in [0.15, 0.2) is 21.5 Å². The molecule has 5 heteroatoms. The van der Waals surface area contributed by atoms with Gasteiger partial charge in [0.25, 0.3) is 5.91 Å². The number of thioether (sulfide) groups is 1. The lowest BCUT2D eigenvalue weighted by molar-refractivity contribution is -0.123. The molecule has 3 nitrogen and oxygen atoms in total. The van der Waals surface area contributed by atoms with E-state index in [0.29, 0.717) is 11.5 Å². The molecule has 1 aromatic rings. The normalized spacial score (nSPS) is 18.4. The maximum Gasteiger partial charge on any atom is 0.257 e. The van der Waals surface area contributed by atoms with Crippen molar-refractivity contribution in [3.8, 4) is 0 Å². The number of anilines is 1. The van der Waals surface area contributed by atoms with Crippen LogP contribution in [-0.4, -0.2) is 16.8 Å². The van der Waals surface area contributed by atoms with Crippen LogP contribution in [0.4, 0.5) is 5.69 Å². The molecule has 1 heterocycles. The molecule has 2 rings (SSSR count). The predicted octanol–water partition coefficient (Wildman–Crippen LogP) is 3.18. The van der Waals surface area contributed by atoms with E-state index in [1.54, 1.807) is 11.8 Å². The summed E-state index contributed by atoms with van der Waals surface area (Å²) in [6.07, 6.45) is -1.04. The molecule has 0 radical (unpaired) electrons. The molecule has 0 spiro atoms. The summed E-state index contributed by atoms with van der Waals surface area (Å²) >= 11 is 5.22. The number of hydrogen-bond acceptors (Lipinski definition) is 3. The summed E-state index contributed by atoms with van der Waals surface area (Å²) in [5.74, 6) is 1.28. The number of aliphatic hydroxyl groups is 1. The Labute approximate surface area is 113 Å². The van der Waals surface area contributed by atoms with E-state index in [0.717, 1.165) is 20.8 Å². The van der Waals surface area contributed by atoms with Crippen molar-refractivity contribution in [2.45, 2.75) is 24.8 Å². The SMILES string of the molecule is CC(C)CSc1cc2c(cc1Br)C(O)C(=O)N2. The second kappa shape index (κ2) is 5.00. The first kappa shape index (κ1) is 12.9. The van der Waals surface area contributed by atoms with Crippen molar-refractivity contribution >= 4 is 39.3 Å². The number of rotatable bonds is 3. The van der Waals surface area contributed by atoms with E-state index in [9.17, 15) is 9.90 Å². The van der Waals surface area contributed by atoms with Gasteiger partial charge in [0.05, 0.1) is 0 Å². The lowest BCUT2D eigenvalue weighted by Crippen LogP contribution is -2.10. The summed E-state index contributed by atoms with van der Waals surface area (Å²) in [6.45, 7) is 4.33. The van der Waals surface area contributed by atoms with Gasteiger partial charge in [-0.25, -0.2) is 0 Å². The smallest absolute Gasteiger partial charge is 0.257 e. The van der Waals surface area contributed by atoms with Crippen molar-refractivity contribution in [2.24, 2.45) is 5.92 Å². The zero-order valence-corrected chi connectivity index (χ0v) is 12.1. The first-order chi connectivity index (χ1) is 7.99. The Bertz CT molecular complexity index is 462. The maximum absolute atomic E-state index is 11.3. The van der Waals surface area contributed by atoms with Crippen LogP contribution in [0.1, 0.15) is 25.5 Å². The summed E-state index contributed by atoms with van der Waals surface area (Å²) in [7, 11) is 0. The highest BCUT2D eigenvalue weighted by atomic mass is 79.9. The van der Waals surface area contributed by atoms with Crippen molar-refractivity contribution in [1.29, 1.82) is 0 Å². The number of halogens is 1. The number of amides is 1. The predicted molar refractivity (Wildman–Crippen MR) is 73.3 cm³/mol. The van der Waals surface area contributed by atoms with Crippen LogP contribution in [0.25, 0.3) is 0 Å². The Morgan fingerprint density at radius 1 is 1.53 bits per heavy atom. The Morgan fingerprint density at radius 2 is 2.24 bits per heavy atom. The van der Waals surface area contributed by atoms with Gasteiger partial charge in [-0.15, -0.1) is 11.8 Å². The molecule has 1 unspecified atom stereocenters. The molecule has 0 aromatic heterocycles. The van der Waals surface area contributed by atoms with Crippen LogP contribution >= 0.6 is 27.7 Å². The summed E-state index contributed by atoms with van der Waals surface area (Å²) in [4.78, 5) is 12.4. The third-order valence-electron chi connectivity index (χ3n) is 2.48. The van der Waals surface area contributed by atoms with Crippen molar-refractivity contribution in [1.82, 2.24) is 0 Å². The highest BCUT2D eigenvalue weighted by molar-refractivity contribution is 9.10. The molecule has 1 aromatic carbocycles. The van der Waals surface area contributed by atoms with Gasteiger partial charge in [0.15, 0.2) is 6.10 Å². The number of hydrogen-bond donors (Lipinski definition) is 2. The van der Waals surface area contributed by atoms with Gasteiger partial charge in [-0.05, 0) is 34.0 Å². The molecule has 1 aliphatic rings. The van der Waals surface area contributed by atoms with Gasteiger partial charge in [-0.1, -0.05) is 13.8 Å². The van der Waals surface area contributed by atoms with Crippen LogP contribution in [0.3, 0.4) is 0 Å². The van der Waals surface area contributed by atoms with Crippen LogP contribution in [-0.2, 0) is 4.79 Å². The fraction of sp³-hybridized carbons (Fsp3) is 0.417. The summed E-state index contributed by atoms with van der Waals surface area (Å²) in [5, 5.41) is 12.3. The number of fused-ring (bicyclic) bond motifs is 1. The number of carbonyl (C=O) groups excluding carboxylic acids is 1. The average Bonchev–Trinajstić information content (AvgIpc) is 2.52. The summed E-state index contributed by atoms with van der Waals surface area (Å²) in [6, 6.07) is 3.74. The number of aliphatic hydroxyl groups excluding tert-OH is 1.